The Labute approximate surface area is 138 Å². The van der Waals surface area contributed by atoms with Gasteiger partial charge in [-0.1, -0.05) is 0 Å². The van der Waals surface area contributed by atoms with Gasteiger partial charge in [-0.3, -0.25) is 9.59 Å². The molecule has 0 atom stereocenters. The molecule has 2 heterocycles. The first kappa shape index (κ1) is 16.1. The molecule has 5 nitrogen and oxygen atoms in total. The van der Waals surface area contributed by atoms with E-state index in [1.165, 1.54) is 18.4 Å². The predicted octanol–water partition coefficient (Wildman–Crippen LogP) is 2.86. The number of halogens is 1. The van der Waals surface area contributed by atoms with Crippen LogP contribution in [0, 0.1) is 0 Å². The summed E-state index contributed by atoms with van der Waals surface area (Å²) in [6.45, 7) is 0.278. The molecule has 2 aromatic heterocycles. The van der Waals surface area contributed by atoms with Crippen LogP contribution in [0.4, 0.5) is 0 Å². The van der Waals surface area contributed by atoms with Crippen molar-refractivity contribution in [3.8, 4) is 9.88 Å². The van der Waals surface area contributed by atoms with E-state index in [0.717, 1.165) is 20.1 Å². The van der Waals surface area contributed by atoms with Crippen molar-refractivity contribution < 1.29 is 14.3 Å². The van der Waals surface area contributed by atoms with E-state index < -0.39 is 0 Å². The molecule has 0 radical (unpaired) electrons. The number of thiazole rings is 1. The maximum absolute atomic E-state index is 11.7. The van der Waals surface area contributed by atoms with E-state index in [1.54, 1.807) is 11.3 Å². The van der Waals surface area contributed by atoms with E-state index in [1.807, 2.05) is 16.8 Å². The molecule has 0 bridgehead atoms. The van der Waals surface area contributed by atoms with Gasteiger partial charge in [-0.2, -0.15) is 0 Å². The van der Waals surface area contributed by atoms with Crippen molar-refractivity contribution in [3.05, 3.63) is 27.0 Å². The SMILES string of the molecule is COC(=O)CCNC(=O)Cc1csc(-c2cc(Br)cs2)n1. The lowest BCUT2D eigenvalue weighted by molar-refractivity contribution is -0.140. The first-order valence-corrected chi connectivity index (χ1v) is 8.66. The topological polar surface area (TPSA) is 68.3 Å². The molecule has 0 aromatic carbocycles. The highest BCUT2D eigenvalue weighted by atomic mass is 79.9. The van der Waals surface area contributed by atoms with Crippen molar-refractivity contribution in [2.45, 2.75) is 12.8 Å². The van der Waals surface area contributed by atoms with Crippen LogP contribution in [-0.2, 0) is 20.7 Å². The second kappa shape index (κ2) is 7.67. The Morgan fingerprint density at radius 3 is 2.86 bits per heavy atom. The number of carbonyl (C=O) groups excluding carboxylic acids is 2. The number of hydrogen-bond acceptors (Lipinski definition) is 6. The second-order valence-electron chi connectivity index (χ2n) is 4.13. The number of aromatic nitrogens is 1. The first-order chi connectivity index (χ1) is 10.1. The Balaban J connectivity index is 1.85. The molecule has 0 aliphatic heterocycles. The Morgan fingerprint density at radius 1 is 1.38 bits per heavy atom. The van der Waals surface area contributed by atoms with E-state index in [2.05, 4.69) is 31.0 Å². The molecular formula is C13H13BrN2O3S2. The summed E-state index contributed by atoms with van der Waals surface area (Å²) in [5.41, 5.74) is 0.732. The van der Waals surface area contributed by atoms with Gasteiger partial charge in [0.15, 0.2) is 0 Å². The van der Waals surface area contributed by atoms with Gasteiger partial charge in [0, 0.05) is 21.8 Å². The van der Waals surface area contributed by atoms with Crippen LogP contribution in [0.25, 0.3) is 9.88 Å². The summed E-state index contributed by atoms with van der Waals surface area (Å²) in [5, 5.41) is 7.45. The Bertz CT molecular complexity index is 639. The number of amides is 1. The third-order valence-corrected chi connectivity index (χ3v) is 5.30. The zero-order valence-corrected chi connectivity index (χ0v) is 14.4. The fraction of sp³-hybridized carbons (Fsp3) is 0.308. The molecule has 21 heavy (non-hydrogen) atoms. The van der Waals surface area contributed by atoms with Crippen molar-refractivity contribution in [1.29, 1.82) is 0 Å². The Hall–Kier alpha value is -1.25. The fourth-order valence-electron chi connectivity index (χ4n) is 1.56. The summed E-state index contributed by atoms with van der Waals surface area (Å²) in [4.78, 5) is 28.2. The number of nitrogens with zero attached hydrogens (tertiary/aromatic N) is 1. The molecule has 112 valence electrons. The highest BCUT2D eigenvalue weighted by Gasteiger charge is 2.10. The monoisotopic (exact) mass is 388 g/mol. The minimum atomic E-state index is -0.338. The van der Waals surface area contributed by atoms with E-state index in [0.29, 0.717) is 0 Å². The molecule has 2 aromatic rings. The van der Waals surface area contributed by atoms with Gasteiger partial charge in [0.1, 0.15) is 5.01 Å². The van der Waals surface area contributed by atoms with Gasteiger partial charge in [0.25, 0.3) is 0 Å². The van der Waals surface area contributed by atoms with Crippen LogP contribution in [0.1, 0.15) is 12.1 Å². The number of esters is 1. The fourth-order valence-corrected chi connectivity index (χ4v) is 3.89. The maximum atomic E-state index is 11.7. The number of thiophene rings is 1. The summed E-state index contributed by atoms with van der Waals surface area (Å²) in [6, 6.07) is 2.00. The van der Waals surface area contributed by atoms with E-state index in [4.69, 9.17) is 0 Å². The lowest BCUT2D eigenvalue weighted by Crippen LogP contribution is -2.27. The average molecular weight is 389 g/mol. The van der Waals surface area contributed by atoms with Crippen LogP contribution in [0.5, 0.6) is 0 Å². The van der Waals surface area contributed by atoms with E-state index in [-0.39, 0.29) is 31.3 Å². The summed E-state index contributed by atoms with van der Waals surface area (Å²) in [5.74, 6) is -0.488. The van der Waals surface area contributed by atoms with E-state index in [9.17, 15) is 9.59 Å². The average Bonchev–Trinajstić information content (AvgIpc) is 3.07. The molecule has 0 aliphatic carbocycles. The quantitative estimate of drug-likeness (QED) is 0.772. The number of nitrogens with one attached hydrogen (secondary N) is 1. The zero-order valence-electron chi connectivity index (χ0n) is 11.2. The summed E-state index contributed by atoms with van der Waals surface area (Å²) in [7, 11) is 1.32. The third kappa shape index (κ3) is 4.90. The largest absolute Gasteiger partial charge is 0.469 e. The molecule has 0 spiro atoms. The number of rotatable bonds is 6. The van der Waals surface area contributed by atoms with Gasteiger partial charge in [0.2, 0.25) is 5.91 Å². The van der Waals surface area contributed by atoms with Crippen LogP contribution in [0.15, 0.2) is 21.3 Å². The molecule has 8 heteroatoms. The molecule has 2 rings (SSSR count). The van der Waals surface area contributed by atoms with Crippen molar-refractivity contribution in [2.75, 3.05) is 13.7 Å². The second-order valence-corrected chi connectivity index (χ2v) is 6.81. The van der Waals surface area contributed by atoms with Crippen molar-refractivity contribution in [2.24, 2.45) is 0 Å². The van der Waals surface area contributed by atoms with Gasteiger partial charge < -0.3 is 10.1 Å². The normalized spacial score (nSPS) is 10.4. The van der Waals surface area contributed by atoms with Crippen LogP contribution in [0.3, 0.4) is 0 Å². The number of methoxy groups -OCH3 is 1. The van der Waals surface area contributed by atoms with Crippen LogP contribution < -0.4 is 5.32 Å². The minimum Gasteiger partial charge on any atom is -0.469 e. The summed E-state index contributed by atoms with van der Waals surface area (Å²) < 4.78 is 5.53. The van der Waals surface area contributed by atoms with Crippen molar-refractivity contribution in [3.63, 3.8) is 0 Å². The van der Waals surface area contributed by atoms with Crippen molar-refractivity contribution >= 4 is 50.5 Å². The minimum absolute atomic E-state index is 0.150. The maximum Gasteiger partial charge on any atom is 0.307 e. The lowest BCUT2D eigenvalue weighted by atomic mass is 10.3. The predicted molar refractivity (Wildman–Crippen MR) is 86.5 cm³/mol. The standard InChI is InChI=1S/C13H13BrN2O3S2/c1-19-12(18)2-3-15-11(17)5-9-7-21-13(16-9)10-4-8(14)6-20-10/h4,6-7H,2-3,5H2,1H3,(H,15,17). The molecule has 0 unspecified atom stereocenters. The summed E-state index contributed by atoms with van der Waals surface area (Å²) >= 11 is 6.53. The van der Waals surface area contributed by atoms with Crippen LogP contribution >= 0.6 is 38.6 Å². The Morgan fingerprint density at radius 2 is 2.19 bits per heavy atom. The van der Waals surface area contributed by atoms with Gasteiger partial charge in [-0.25, -0.2) is 4.98 Å². The molecule has 0 saturated carbocycles. The van der Waals surface area contributed by atoms with Gasteiger partial charge in [-0.15, -0.1) is 22.7 Å². The molecule has 1 amide bonds. The number of carbonyl (C=O) groups is 2. The zero-order chi connectivity index (χ0) is 15.2. The van der Waals surface area contributed by atoms with Gasteiger partial charge >= 0.3 is 5.97 Å². The molecule has 0 saturated heterocycles. The Kier molecular flexibility index (Phi) is 5.89. The first-order valence-electron chi connectivity index (χ1n) is 6.11. The smallest absolute Gasteiger partial charge is 0.307 e. The lowest BCUT2D eigenvalue weighted by Gasteiger charge is -2.02. The van der Waals surface area contributed by atoms with Gasteiger partial charge in [-0.05, 0) is 22.0 Å². The molecule has 0 fully saturated rings. The van der Waals surface area contributed by atoms with Crippen molar-refractivity contribution in [1.82, 2.24) is 10.3 Å². The molecule has 1 N–H and O–H groups in total. The number of hydrogen-bond donors (Lipinski definition) is 1. The third-order valence-electron chi connectivity index (χ3n) is 2.55. The number of ether oxygens (including phenoxy) is 1. The van der Waals surface area contributed by atoms with Crippen LogP contribution in [-0.4, -0.2) is 30.5 Å². The van der Waals surface area contributed by atoms with Gasteiger partial charge in [0.05, 0.1) is 30.5 Å². The molecular weight excluding hydrogens is 376 g/mol. The highest BCUT2D eigenvalue weighted by Crippen LogP contribution is 2.31. The molecule has 0 aliphatic rings. The van der Waals surface area contributed by atoms with E-state index >= 15 is 0 Å². The summed E-state index contributed by atoms with van der Waals surface area (Å²) in [6.07, 6.45) is 0.387. The highest BCUT2D eigenvalue weighted by molar-refractivity contribution is 9.10. The van der Waals surface area contributed by atoms with Crippen LogP contribution in [0.2, 0.25) is 0 Å².